The van der Waals surface area contributed by atoms with Gasteiger partial charge in [-0.1, -0.05) is 11.6 Å². The molecule has 0 atom stereocenters. The molecule has 112 valence electrons. The largest absolute Gasteiger partial charge is 0.484 e. The summed E-state index contributed by atoms with van der Waals surface area (Å²) in [5.74, 6) is 0.479. The minimum Gasteiger partial charge on any atom is -0.484 e. The van der Waals surface area contributed by atoms with E-state index in [2.05, 4.69) is 16.0 Å². The van der Waals surface area contributed by atoms with Crippen LogP contribution >= 0.6 is 11.6 Å². The predicted octanol–water partition coefficient (Wildman–Crippen LogP) is 2.99. The van der Waals surface area contributed by atoms with Crippen molar-refractivity contribution in [3.8, 4) is 5.75 Å². The molecule has 1 amide bonds. The van der Waals surface area contributed by atoms with Crippen LogP contribution in [-0.4, -0.2) is 17.1 Å². The van der Waals surface area contributed by atoms with Crippen LogP contribution in [0.4, 0.5) is 0 Å². The van der Waals surface area contributed by atoms with Crippen molar-refractivity contribution in [1.82, 2.24) is 9.88 Å². The number of nitrogens with zero attached hydrogens (tertiary/aromatic N) is 1. The fraction of sp³-hybridized carbons (Fsp3) is 0.312. The van der Waals surface area contributed by atoms with Crippen molar-refractivity contribution >= 4 is 17.5 Å². The molecule has 0 radical (unpaired) electrons. The average Bonchev–Trinajstić information content (AvgIpc) is 2.72. The van der Waals surface area contributed by atoms with Crippen LogP contribution in [0.1, 0.15) is 17.0 Å². The summed E-state index contributed by atoms with van der Waals surface area (Å²) in [5.41, 5.74) is 3.45. The van der Waals surface area contributed by atoms with Crippen LogP contribution < -0.4 is 10.1 Å². The fourth-order valence-electron chi connectivity index (χ4n) is 2.04. The molecule has 1 N–H and O–H groups in total. The first-order valence-electron chi connectivity index (χ1n) is 6.74. The zero-order valence-corrected chi connectivity index (χ0v) is 13.2. The van der Waals surface area contributed by atoms with E-state index in [9.17, 15) is 4.79 Å². The normalized spacial score (nSPS) is 10.5. The van der Waals surface area contributed by atoms with E-state index in [0.717, 1.165) is 11.3 Å². The Labute approximate surface area is 129 Å². The zero-order valence-electron chi connectivity index (χ0n) is 12.4. The summed E-state index contributed by atoms with van der Waals surface area (Å²) in [7, 11) is 2.01. The van der Waals surface area contributed by atoms with Gasteiger partial charge in [-0.15, -0.1) is 0 Å². The highest BCUT2D eigenvalue weighted by molar-refractivity contribution is 6.30. The number of benzene rings is 1. The third-order valence-corrected chi connectivity index (χ3v) is 3.79. The third-order valence-electron chi connectivity index (χ3n) is 3.54. The summed E-state index contributed by atoms with van der Waals surface area (Å²) in [6, 6.07) is 9.01. The molecule has 21 heavy (non-hydrogen) atoms. The second-order valence-corrected chi connectivity index (χ2v) is 5.41. The van der Waals surface area contributed by atoms with Crippen LogP contribution in [0.15, 0.2) is 30.3 Å². The molecular weight excluding hydrogens is 288 g/mol. The number of rotatable bonds is 5. The predicted molar refractivity (Wildman–Crippen MR) is 83.7 cm³/mol. The Morgan fingerprint density at radius 2 is 1.95 bits per heavy atom. The van der Waals surface area contributed by atoms with Crippen LogP contribution in [0.25, 0.3) is 0 Å². The molecule has 0 saturated heterocycles. The summed E-state index contributed by atoms with van der Waals surface area (Å²) < 4.78 is 7.50. The number of hydrogen-bond donors (Lipinski definition) is 1. The Balaban J connectivity index is 1.82. The van der Waals surface area contributed by atoms with Crippen molar-refractivity contribution in [2.24, 2.45) is 7.05 Å². The van der Waals surface area contributed by atoms with Crippen LogP contribution in [0.2, 0.25) is 5.02 Å². The molecule has 2 rings (SSSR count). The van der Waals surface area contributed by atoms with Crippen LogP contribution in [-0.2, 0) is 18.4 Å². The van der Waals surface area contributed by atoms with Crippen LogP contribution in [0.5, 0.6) is 5.75 Å². The smallest absolute Gasteiger partial charge is 0.258 e. The Hall–Kier alpha value is -1.94. The summed E-state index contributed by atoms with van der Waals surface area (Å²) in [6.07, 6.45) is 0. The van der Waals surface area contributed by atoms with Gasteiger partial charge in [0, 0.05) is 30.0 Å². The SMILES string of the molecule is Cc1cc(CNC(=O)COc2ccc(Cl)cc2)c(C)n1C. The molecule has 2 aromatic rings. The Kier molecular flexibility index (Phi) is 4.91. The van der Waals surface area contributed by atoms with Crippen molar-refractivity contribution in [3.05, 3.63) is 52.3 Å². The molecule has 0 aliphatic carbocycles. The third kappa shape index (κ3) is 4.02. The van der Waals surface area contributed by atoms with E-state index in [-0.39, 0.29) is 12.5 Å². The highest BCUT2D eigenvalue weighted by Gasteiger charge is 2.08. The highest BCUT2D eigenvalue weighted by atomic mass is 35.5. The second-order valence-electron chi connectivity index (χ2n) is 4.97. The van der Waals surface area contributed by atoms with E-state index in [4.69, 9.17) is 16.3 Å². The van der Waals surface area contributed by atoms with Crippen molar-refractivity contribution in [2.75, 3.05) is 6.61 Å². The lowest BCUT2D eigenvalue weighted by atomic mass is 10.2. The monoisotopic (exact) mass is 306 g/mol. The number of carbonyl (C=O) groups excluding carboxylic acids is 1. The van der Waals surface area contributed by atoms with Gasteiger partial charge in [-0.25, -0.2) is 0 Å². The molecule has 0 fully saturated rings. The van der Waals surface area contributed by atoms with E-state index in [1.807, 2.05) is 20.9 Å². The van der Waals surface area contributed by atoms with Gasteiger partial charge in [0.25, 0.3) is 5.91 Å². The van der Waals surface area contributed by atoms with Gasteiger partial charge in [0.1, 0.15) is 5.75 Å². The average molecular weight is 307 g/mol. The standard InChI is InChI=1S/C16H19ClN2O2/c1-11-8-13(12(2)19(11)3)9-18-16(20)10-21-15-6-4-14(17)5-7-15/h4-8H,9-10H2,1-3H3,(H,18,20). The summed E-state index contributed by atoms with van der Waals surface area (Å²) in [5, 5.41) is 3.50. The van der Waals surface area contributed by atoms with Crippen LogP contribution in [0.3, 0.4) is 0 Å². The first-order valence-corrected chi connectivity index (χ1v) is 7.12. The topological polar surface area (TPSA) is 43.3 Å². The van der Waals surface area contributed by atoms with Gasteiger partial charge in [-0.2, -0.15) is 0 Å². The van der Waals surface area contributed by atoms with Crippen molar-refractivity contribution < 1.29 is 9.53 Å². The highest BCUT2D eigenvalue weighted by Crippen LogP contribution is 2.15. The van der Waals surface area contributed by atoms with Gasteiger partial charge in [0.05, 0.1) is 0 Å². The van der Waals surface area contributed by atoms with Gasteiger partial charge in [0.2, 0.25) is 0 Å². The van der Waals surface area contributed by atoms with E-state index >= 15 is 0 Å². The van der Waals surface area contributed by atoms with Crippen molar-refractivity contribution in [1.29, 1.82) is 0 Å². The fourth-order valence-corrected chi connectivity index (χ4v) is 2.16. The number of nitrogens with one attached hydrogen (secondary N) is 1. The van der Waals surface area contributed by atoms with Gasteiger partial charge >= 0.3 is 0 Å². The number of ether oxygens (including phenoxy) is 1. The Morgan fingerprint density at radius 1 is 1.29 bits per heavy atom. The molecule has 1 aromatic carbocycles. The number of hydrogen-bond acceptors (Lipinski definition) is 2. The first kappa shape index (κ1) is 15.4. The summed E-state index contributed by atoms with van der Waals surface area (Å²) in [6.45, 7) is 4.59. The van der Waals surface area contributed by atoms with Gasteiger partial charge in [-0.3, -0.25) is 4.79 Å². The number of amides is 1. The van der Waals surface area contributed by atoms with Crippen LogP contribution in [0, 0.1) is 13.8 Å². The molecule has 1 heterocycles. The molecule has 5 heteroatoms. The molecule has 1 aromatic heterocycles. The maximum absolute atomic E-state index is 11.8. The molecule has 0 bridgehead atoms. The lowest BCUT2D eigenvalue weighted by molar-refractivity contribution is -0.123. The molecule has 4 nitrogen and oxygen atoms in total. The van der Waals surface area contributed by atoms with E-state index in [1.165, 1.54) is 5.69 Å². The summed E-state index contributed by atoms with van der Waals surface area (Å²) in [4.78, 5) is 11.8. The quantitative estimate of drug-likeness (QED) is 0.923. The Morgan fingerprint density at radius 3 is 2.52 bits per heavy atom. The molecule has 0 aliphatic heterocycles. The van der Waals surface area contributed by atoms with Gasteiger partial charge in [-0.05, 0) is 49.7 Å². The van der Waals surface area contributed by atoms with Gasteiger partial charge < -0.3 is 14.6 Å². The lowest BCUT2D eigenvalue weighted by Crippen LogP contribution is -2.28. The van der Waals surface area contributed by atoms with Crippen molar-refractivity contribution in [2.45, 2.75) is 20.4 Å². The lowest BCUT2D eigenvalue weighted by Gasteiger charge is -2.08. The maximum atomic E-state index is 11.8. The molecule has 0 aliphatic rings. The number of halogens is 1. The second kappa shape index (κ2) is 6.68. The number of aromatic nitrogens is 1. The van der Waals surface area contributed by atoms with E-state index in [0.29, 0.717) is 17.3 Å². The number of carbonyl (C=O) groups is 1. The molecule has 0 saturated carbocycles. The maximum Gasteiger partial charge on any atom is 0.258 e. The molecule has 0 spiro atoms. The minimum atomic E-state index is -0.147. The first-order chi connectivity index (χ1) is 9.97. The molecule has 0 unspecified atom stereocenters. The van der Waals surface area contributed by atoms with E-state index < -0.39 is 0 Å². The molecular formula is C16H19ClN2O2. The Bertz CT molecular complexity index is 632. The van der Waals surface area contributed by atoms with Gasteiger partial charge in [0.15, 0.2) is 6.61 Å². The summed E-state index contributed by atoms with van der Waals surface area (Å²) >= 11 is 5.78. The van der Waals surface area contributed by atoms with E-state index in [1.54, 1.807) is 24.3 Å². The number of aryl methyl sites for hydroxylation is 1. The zero-order chi connectivity index (χ0) is 15.4. The minimum absolute atomic E-state index is 0.00744. The van der Waals surface area contributed by atoms with Crippen molar-refractivity contribution in [3.63, 3.8) is 0 Å².